The van der Waals surface area contributed by atoms with Gasteiger partial charge < -0.3 is 5.11 Å². The third-order valence-electron chi connectivity index (χ3n) is 3.99. The molecule has 0 heterocycles. The molecule has 0 aromatic heterocycles. The molecule has 1 N–H and O–H groups in total. The van der Waals surface area contributed by atoms with Crippen LogP contribution in [0.4, 0.5) is 0 Å². The van der Waals surface area contributed by atoms with Crippen molar-refractivity contribution in [3.8, 4) is 0 Å². The van der Waals surface area contributed by atoms with Crippen molar-refractivity contribution in [2.75, 3.05) is 0 Å². The van der Waals surface area contributed by atoms with E-state index < -0.39 is 5.60 Å². The molecule has 0 spiro atoms. The zero-order chi connectivity index (χ0) is 10.7. The van der Waals surface area contributed by atoms with Crippen LogP contribution in [0.2, 0.25) is 0 Å². The van der Waals surface area contributed by atoms with Gasteiger partial charge in [-0.15, -0.1) is 0 Å². The average molecular weight is 200 g/mol. The van der Waals surface area contributed by atoms with Crippen molar-refractivity contribution in [3.05, 3.63) is 41.0 Å². The Morgan fingerprint density at radius 3 is 2.67 bits per heavy atom. The molecule has 1 fully saturated rings. The fraction of sp³-hybridized carbons (Fsp3) is 0.429. The fourth-order valence-corrected chi connectivity index (χ4v) is 3.07. The van der Waals surface area contributed by atoms with Gasteiger partial charge in [0.25, 0.3) is 0 Å². The van der Waals surface area contributed by atoms with Crippen LogP contribution in [0.15, 0.2) is 29.8 Å². The molecule has 2 aliphatic rings. The van der Waals surface area contributed by atoms with E-state index in [0.717, 1.165) is 18.4 Å². The Morgan fingerprint density at radius 2 is 1.87 bits per heavy atom. The molecule has 1 atom stereocenters. The normalized spacial score (nSPS) is 31.0. The molecule has 0 radical (unpaired) electrons. The highest BCUT2D eigenvalue weighted by molar-refractivity contribution is 5.70. The molecule has 1 saturated carbocycles. The number of aliphatic hydroxyl groups is 1. The third-order valence-corrected chi connectivity index (χ3v) is 3.99. The van der Waals surface area contributed by atoms with Crippen LogP contribution in [-0.4, -0.2) is 5.11 Å². The van der Waals surface area contributed by atoms with Gasteiger partial charge in [-0.25, -0.2) is 0 Å². The summed E-state index contributed by atoms with van der Waals surface area (Å²) in [6.45, 7) is 4.45. The molecule has 0 amide bonds. The Hall–Kier alpha value is -1.08. The summed E-state index contributed by atoms with van der Waals surface area (Å²) in [5.41, 5.74) is 2.98. The van der Waals surface area contributed by atoms with Gasteiger partial charge >= 0.3 is 0 Å². The van der Waals surface area contributed by atoms with E-state index >= 15 is 0 Å². The monoisotopic (exact) mass is 200 g/mol. The maximum absolute atomic E-state index is 10.8. The summed E-state index contributed by atoms with van der Waals surface area (Å²) in [7, 11) is 0. The highest BCUT2D eigenvalue weighted by atomic mass is 16.3. The molecule has 1 nitrogen and oxygen atoms in total. The number of benzene rings is 1. The lowest BCUT2D eigenvalue weighted by Crippen LogP contribution is -2.23. The van der Waals surface area contributed by atoms with Gasteiger partial charge in [0.05, 0.1) is 0 Å². The third kappa shape index (κ3) is 1.02. The highest BCUT2D eigenvalue weighted by Gasteiger charge is 2.51. The van der Waals surface area contributed by atoms with Crippen molar-refractivity contribution >= 4 is 6.08 Å². The fourth-order valence-electron chi connectivity index (χ4n) is 3.07. The molecule has 0 bridgehead atoms. The largest absolute Gasteiger partial charge is 0.381 e. The number of fused-ring (bicyclic) bond motifs is 3. The molecule has 15 heavy (non-hydrogen) atoms. The Kier molecular flexibility index (Phi) is 1.55. The Labute approximate surface area is 90.4 Å². The average Bonchev–Trinajstić information content (AvgIpc) is 2.62. The molecule has 2 aliphatic carbocycles. The van der Waals surface area contributed by atoms with E-state index in [1.165, 1.54) is 11.1 Å². The van der Waals surface area contributed by atoms with Crippen LogP contribution in [0.3, 0.4) is 0 Å². The molecule has 1 aromatic rings. The van der Waals surface area contributed by atoms with Crippen molar-refractivity contribution in [2.45, 2.75) is 32.3 Å². The lowest BCUT2D eigenvalue weighted by atomic mass is 9.83. The first kappa shape index (κ1) is 9.17. The van der Waals surface area contributed by atoms with Crippen molar-refractivity contribution < 1.29 is 5.11 Å². The Morgan fingerprint density at radius 1 is 1.13 bits per heavy atom. The molecule has 1 aromatic carbocycles. The van der Waals surface area contributed by atoms with E-state index in [-0.39, 0.29) is 5.41 Å². The van der Waals surface area contributed by atoms with Crippen molar-refractivity contribution in [3.63, 3.8) is 0 Å². The van der Waals surface area contributed by atoms with Gasteiger partial charge in [-0.2, -0.15) is 0 Å². The number of hydrogen-bond donors (Lipinski definition) is 1. The predicted octanol–water partition coefficient (Wildman–Crippen LogP) is 3.09. The lowest BCUT2D eigenvalue weighted by molar-refractivity contribution is 0.0852. The summed E-state index contributed by atoms with van der Waals surface area (Å²) < 4.78 is 0. The molecule has 78 valence electrons. The summed E-state index contributed by atoms with van der Waals surface area (Å²) in [6.07, 6.45) is 4.12. The lowest BCUT2D eigenvalue weighted by Gasteiger charge is -2.25. The van der Waals surface area contributed by atoms with Crippen LogP contribution in [0.5, 0.6) is 0 Å². The van der Waals surface area contributed by atoms with Gasteiger partial charge in [-0.05, 0) is 35.0 Å². The van der Waals surface area contributed by atoms with Crippen molar-refractivity contribution in [2.24, 2.45) is 5.41 Å². The van der Waals surface area contributed by atoms with Gasteiger partial charge in [0.2, 0.25) is 0 Å². The molecule has 0 saturated heterocycles. The zero-order valence-corrected chi connectivity index (χ0v) is 9.25. The van der Waals surface area contributed by atoms with Crippen LogP contribution >= 0.6 is 0 Å². The van der Waals surface area contributed by atoms with E-state index in [2.05, 4.69) is 32.1 Å². The number of rotatable bonds is 0. The van der Waals surface area contributed by atoms with E-state index in [1.807, 2.05) is 12.1 Å². The molecular weight excluding hydrogens is 184 g/mol. The van der Waals surface area contributed by atoms with Crippen LogP contribution in [0.1, 0.15) is 37.8 Å². The predicted molar refractivity (Wildman–Crippen MR) is 61.3 cm³/mol. The van der Waals surface area contributed by atoms with Gasteiger partial charge in [-0.1, -0.05) is 44.2 Å². The molecule has 3 rings (SSSR count). The van der Waals surface area contributed by atoms with E-state index in [4.69, 9.17) is 0 Å². The first-order valence-electron chi connectivity index (χ1n) is 5.59. The van der Waals surface area contributed by atoms with Crippen molar-refractivity contribution in [1.82, 2.24) is 0 Å². The van der Waals surface area contributed by atoms with E-state index in [0.29, 0.717) is 0 Å². The van der Waals surface area contributed by atoms with Crippen LogP contribution < -0.4 is 0 Å². The van der Waals surface area contributed by atoms with Gasteiger partial charge in [-0.3, -0.25) is 0 Å². The minimum atomic E-state index is -0.667. The second kappa shape index (κ2) is 2.53. The minimum Gasteiger partial charge on any atom is -0.381 e. The summed E-state index contributed by atoms with van der Waals surface area (Å²) in [4.78, 5) is 0. The van der Waals surface area contributed by atoms with E-state index in [9.17, 15) is 5.11 Å². The van der Waals surface area contributed by atoms with Crippen LogP contribution in [0.25, 0.3) is 6.08 Å². The second-order valence-corrected chi connectivity index (χ2v) is 5.39. The summed E-state index contributed by atoms with van der Waals surface area (Å²) in [6, 6.07) is 8.20. The maximum atomic E-state index is 10.8. The molecule has 0 aliphatic heterocycles. The van der Waals surface area contributed by atoms with Gasteiger partial charge in [0.1, 0.15) is 5.60 Å². The van der Waals surface area contributed by atoms with Crippen molar-refractivity contribution in [1.29, 1.82) is 0 Å². The SMILES string of the molecule is CC1(C)CCC2(O)C1=Cc1ccccc12. The molecule has 1 unspecified atom stereocenters. The topological polar surface area (TPSA) is 20.2 Å². The quantitative estimate of drug-likeness (QED) is 0.682. The van der Waals surface area contributed by atoms with Gasteiger partial charge in [0, 0.05) is 0 Å². The summed E-state index contributed by atoms with van der Waals surface area (Å²) in [5.74, 6) is 0. The first-order valence-corrected chi connectivity index (χ1v) is 5.59. The standard InChI is InChI=1S/C14H16O/c1-13(2)7-8-14(15)11-6-4-3-5-10(11)9-12(13)14/h3-6,9,15H,7-8H2,1-2H3. The number of hydrogen-bond acceptors (Lipinski definition) is 1. The zero-order valence-electron chi connectivity index (χ0n) is 9.25. The van der Waals surface area contributed by atoms with Crippen LogP contribution in [-0.2, 0) is 5.60 Å². The first-order chi connectivity index (χ1) is 7.04. The van der Waals surface area contributed by atoms with Crippen LogP contribution in [0, 0.1) is 5.41 Å². The summed E-state index contributed by atoms with van der Waals surface area (Å²) >= 11 is 0. The Bertz CT molecular complexity index is 456. The minimum absolute atomic E-state index is 0.147. The maximum Gasteiger partial charge on any atom is 0.112 e. The summed E-state index contributed by atoms with van der Waals surface area (Å²) in [5, 5.41) is 10.8. The smallest absolute Gasteiger partial charge is 0.112 e. The second-order valence-electron chi connectivity index (χ2n) is 5.39. The highest BCUT2D eigenvalue weighted by Crippen LogP contribution is 2.57. The molecule has 1 heteroatoms. The van der Waals surface area contributed by atoms with Gasteiger partial charge in [0.15, 0.2) is 0 Å². The van der Waals surface area contributed by atoms with E-state index in [1.54, 1.807) is 0 Å². The Balaban J connectivity index is 2.24. The molecular formula is C14H16O.